The first kappa shape index (κ1) is 16.1. The van der Waals surface area contributed by atoms with Crippen molar-refractivity contribution in [1.29, 1.82) is 0 Å². The molecule has 0 unspecified atom stereocenters. The minimum Gasteiger partial charge on any atom is -0.459 e. The highest BCUT2D eigenvalue weighted by atomic mass is 32.1. The van der Waals surface area contributed by atoms with Crippen LogP contribution in [-0.2, 0) is 13.1 Å². The highest BCUT2D eigenvalue weighted by molar-refractivity contribution is 7.14. The standard InChI is InChI=1S/C19H21N3O3S/c23-18(15-2-1-9-25-15)20-5-7-21(8-6-20)19(24)16-10-13-11-22(14-3-4-14)12-17(13)26-16/h1-2,9-10,14H,3-8,11-12H2. The van der Waals surface area contributed by atoms with Gasteiger partial charge in [-0.05, 0) is 36.6 Å². The molecule has 1 saturated heterocycles. The summed E-state index contributed by atoms with van der Waals surface area (Å²) >= 11 is 1.65. The summed E-state index contributed by atoms with van der Waals surface area (Å²) in [5, 5.41) is 0. The molecule has 136 valence electrons. The summed E-state index contributed by atoms with van der Waals surface area (Å²) < 4.78 is 5.18. The van der Waals surface area contributed by atoms with Crippen molar-refractivity contribution in [3.63, 3.8) is 0 Å². The van der Waals surface area contributed by atoms with Gasteiger partial charge in [-0.15, -0.1) is 11.3 Å². The molecule has 0 aromatic carbocycles. The van der Waals surface area contributed by atoms with Crippen LogP contribution in [0.3, 0.4) is 0 Å². The van der Waals surface area contributed by atoms with E-state index in [0.29, 0.717) is 31.9 Å². The Balaban J connectivity index is 1.20. The molecule has 0 bridgehead atoms. The van der Waals surface area contributed by atoms with Crippen molar-refractivity contribution in [2.24, 2.45) is 0 Å². The van der Waals surface area contributed by atoms with Crippen molar-refractivity contribution < 1.29 is 14.0 Å². The molecule has 2 aliphatic heterocycles. The van der Waals surface area contributed by atoms with Crippen molar-refractivity contribution >= 4 is 23.2 Å². The predicted molar refractivity (Wildman–Crippen MR) is 97.1 cm³/mol. The topological polar surface area (TPSA) is 57.0 Å². The maximum Gasteiger partial charge on any atom is 0.289 e. The third-order valence-corrected chi connectivity index (χ3v) is 6.63. The number of carbonyl (C=O) groups is 2. The number of piperazine rings is 1. The molecule has 1 saturated carbocycles. The molecule has 0 atom stereocenters. The number of amides is 2. The van der Waals surface area contributed by atoms with E-state index in [1.165, 1.54) is 29.5 Å². The van der Waals surface area contributed by atoms with Gasteiger partial charge in [0.15, 0.2) is 5.76 Å². The Labute approximate surface area is 156 Å². The van der Waals surface area contributed by atoms with Gasteiger partial charge in [-0.25, -0.2) is 0 Å². The number of furan rings is 1. The van der Waals surface area contributed by atoms with Crippen LogP contribution >= 0.6 is 11.3 Å². The van der Waals surface area contributed by atoms with E-state index >= 15 is 0 Å². The lowest BCUT2D eigenvalue weighted by molar-refractivity contribution is 0.0520. The van der Waals surface area contributed by atoms with Crippen LogP contribution in [0.15, 0.2) is 28.9 Å². The van der Waals surface area contributed by atoms with Gasteiger partial charge in [0, 0.05) is 50.2 Å². The molecule has 0 radical (unpaired) electrons. The Bertz CT molecular complexity index is 809. The lowest BCUT2D eigenvalue weighted by atomic mass is 10.2. The monoisotopic (exact) mass is 371 g/mol. The minimum atomic E-state index is -0.0997. The molecule has 5 rings (SSSR count). The number of hydrogen-bond acceptors (Lipinski definition) is 5. The molecule has 4 heterocycles. The Hall–Kier alpha value is -2.12. The van der Waals surface area contributed by atoms with Crippen molar-refractivity contribution in [3.05, 3.63) is 45.5 Å². The molecule has 1 aliphatic carbocycles. The minimum absolute atomic E-state index is 0.0997. The van der Waals surface area contributed by atoms with Crippen LogP contribution < -0.4 is 0 Å². The van der Waals surface area contributed by atoms with Crippen LogP contribution in [-0.4, -0.2) is 58.7 Å². The van der Waals surface area contributed by atoms with E-state index in [4.69, 9.17) is 4.42 Å². The van der Waals surface area contributed by atoms with E-state index in [2.05, 4.69) is 11.0 Å². The largest absolute Gasteiger partial charge is 0.459 e. The zero-order valence-electron chi connectivity index (χ0n) is 14.5. The average molecular weight is 371 g/mol. The Morgan fingerprint density at radius 1 is 1.04 bits per heavy atom. The summed E-state index contributed by atoms with van der Waals surface area (Å²) in [7, 11) is 0. The maximum absolute atomic E-state index is 12.8. The second-order valence-corrected chi connectivity index (χ2v) is 8.39. The number of rotatable bonds is 3. The first-order valence-corrected chi connectivity index (χ1v) is 9.98. The van der Waals surface area contributed by atoms with E-state index in [1.54, 1.807) is 28.4 Å². The van der Waals surface area contributed by atoms with Gasteiger partial charge in [0.2, 0.25) is 0 Å². The number of nitrogens with zero attached hydrogens (tertiary/aromatic N) is 3. The first-order chi connectivity index (χ1) is 12.7. The summed E-state index contributed by atoms with van der Waals surface area (Å²) in [6.45, 7) is 4.24. The summed E-state index contributed by atoms with van der Waals surface area (Å²) in [5.74, 6) is 0.365. The van der Waals surface area contributed by atoms with Crippen LogP contribution in [0.4, 0.5) is 0 Å². The lowest BCUT2D eigenvalue weighted by Crippen LogP contribution is -2.50. The normalized spacial score (nSPS) is 20.5. The van der Waals surface area contributed by atoms with Crippen molar-refractivity contribution in [1.82, 2.24) is 14.7 Å². The summed E-state index contributed by atoms with van der Waals surface area (Å²) in [6, 6.07) is 6.25. The molecule has 2 fully saturated rings. The molecule has 0 N–H and O–H groups in total. The number of carbonyl (C=O) groups excluding carboxylic acids is 2. The quantitative estimate of drug-likeness (QED) is 0.831. The van der Waals surface area contributed by atoms with E-state index in [1.807, 2.05) is 4.90 Å². The molecule has 26 heavy (non-hydrogen) atoms. The van der Waals surface area contributed by atoms with Gasteiger partial charge in [-0.2, -0.15) is 0 Å². The highest BCUT2D eigenvalue weighted by Crippen LogP contribution is 2.38. The average Bonchev–Trinajstić information content (AvgIpc) is 3.07. The zero-order chi connectivity index (χ0) is 17.7. The zero-order valence-corrected chi connectivity index (χ0v) is 15.3. The van der Waals surface area contributed by atoms with E-state index in [-0.39, 0.29) is 11.8 Å². The molecule has 0 spiro atoms. The molecular weight excluding hydrogens is 350 g/mol. The van der Waals surface area contributed by atoms with E-state index in [0.717, 1.165) is 24.0 Å². The van der Waals surface area contributed by atoms with E-state index < -0.39 is 0 Å². The second kappa shape index (κ2) is 6.25. The van der Waals surface area contributed by atoms with Crippen LogP contribution in [0.2, 0.25) is 0 Å². The molecular formula is C19H21N3O3S. The number of thiophene rings is 1. The third-order valence-electron chi connectivity index (χ3n) is 5.48. The van der Waals surface area contributed by atoms with Crippen molar-refractivity contribution in [2.45, 2.75) is 32.0 Å². The number of fused-ring (bicyclic) bond motifs is 1. The Kier molecular flexibility index (Phi) is 3.86. The first-order valence-electron chi connectivity index (χ1n) is 9.17. The van der Waals surface area contributed by atoms with Crippen molar-refractivity contribution in [3.8, 4) is 0 Å². The molecule has 7 heteroatoms. The van der Waals surface area contributed by atoms with E-state index in [9.17, 15) is 9.59 Å². The fraction of sp³-hybridized carbons (Fsp3) is 0.474. The number of hydrogen-bond donors (Lipinski definition) is 0. The van der Waals surface area contributed by atoms with Crippen LogP contribution in [0, 0.1) is 0 Å². The van der Waals surface area contributed by atoms with Crippen LogP contribution in [0.25, 0.3) is 0 Å². The van der Waals surface area contributed by atoms with Gasteiger partial charge in [0.05, 0.1) is 11.1 Å². The SMILES string of the molecule is O=C(c1ccco1)N1CCN(C(=O)c2cc3c(s2)CN(C2CC2)C3)CC1. The van der Waals surface area contributed by atoms with Gasteiger partial charge >= 0.3 is 0 Å². The fourth-order valence-corrected chi connectivity index (χ4v) is 4.99. The Morgan fingerprint density at radius 3 is 2.38 bits per heavy atom. The highest BCUT2D eigenvalue weighted by Gasteiger charge is 2.35. The lowest BCUT2D eigenvalue weighted by Gasteiger charge is -2.34. The summed E-state index contributed by atoms with van der Waals surface area (Å²) in [6.07, 6.45) is 4.15. The fourth-order valence-electron chi connectivity index (χ4n) is 3.82. The molecule has 3 aliphatic rings. The van der Waals surface area contributed by atoms with Gasteiger partial charge in [-0.1, -0.05) is 0 Å². The van der Waals surface area contributed by atoms with Crippen LogP contribution in [0.5, 0.6) is 0 Å². The molecule has 2 amide bonds. The third kappa shape index (κ3) is 2.85. The van der Waals surface area contributed by atoms with Gasteiger partial charge in [0.25, 0.3) is 11.8 Å². The van der Waals surface area contributed by atoms with Crippen LogP contribution in [0.1, 0.15) is 43.5 Å². The summed E-state index contributed by atoms with van der Waals surface area (Å²) in [5.41, 5.74) is 1.33. The Morgan fingerprint density at radius 2 is 1.77 bits per heavy atom. The van der Waals surface area contributed by atoms with Gasteiger partial charge < -0.3 is 14.2 Å². The van der Waals surface area contributed by atoms with Gasteiger partial charge in [-0.3, -0.25) is 14.5 Å². The van der Waals surface area contributed by atoms with Crippen molar-refractivity contribution in [2.75, 3.05) is 26.2 Å². The second-order valence-electron chi connectivity index (χ2n) is 7.26. The van der Waals surface area contributed by atoms with Gasteiger partial charge in [0.1, 0.15) is 0 Å². The smallest absolute Gasteiger partial charge is 0.289 e. The molecule has 2 aromatic rings. The summed E-state index contributed by atoms with van der Waals surface area (Å²) in [4.78, 5) is 33.5. The predicted octanol–water partition coefficient (Wildman–Crippen LogP) is 2.42. The molecule has 2 aromatic heterocycles. The molecule has 6 nitrogen and oxygen atoms in total. The maximum atomic E-state index is 12.8.